The van der Waals surface area contributed by atoms with Crippen LogP contribution < -0.4 is 5.43 Å². The van der Waals surface area contributed by atoms with Gasteiger partial charge in [-0.15, -0.1) is 0 Å². The van der Waals surface area contributed by atoms with Gasteiger partial charge in [0.15, 0.2) is 0 Å². The molecule has 2 aromatic rings. The van der Waals surface area contributed by atoms with Crippen LogP contribution in [0, 0.1) is 17.0 Å². The summed E-state index contributed by atoms with van der Waals surface area (Å²) in [5.41, 5.74) is 3.45. The number of carbonyl (C=O) groups excluding carboxylic acids is 1. The predicted molar refractivity (Wildman–Crippen MR) is 80.1 cm³/mol. The Morgan fingerprint density at radius 2 is 2.26 bits per heavy atom. The highest BCUT2D eigenvalue weighted by Gasteiger charge is 2.14. The van der Waals surface area contributed by atoms with Crippen LogP contribution in [0.4, 0.5) is 5.95 Å². The Morgan fingerprint density at radius 1 is 1.52 bits per heavy atom. The van der Waals surface area contributed by atoms with Crippen molar-refractivity contribution in [2.24, 2.45) is 5.10 Å². The Balaban J connectivity index is 2.02. The number of phenolic OH excluding ortho intramolecular Hbond substituents is 1. The van der Waals surface area contributed by atoms with Crippen LogP contribution >= 0.6 is 0 Å². The molecule has 1 aromatic carbocycles. The van der Waals surface area contributed by atoms with Gasteiger partial charge in [0.05, 0.1) is 17.8 Å². The number of aryl methyl sites for hydroxylation is 1. The van der Waals surface area contributed by atoms with Crippen molar-refractivity contribution in [1.82, 2.24) is 20.2 Å². The largest absolute Gasteiger partial charge is 0.507 e. The standard InChI is InChI=1S/C13H14N6O4/c1-8-4-3-5-10(11(8)20)12(21)16-15-9(2)6-18-7-14-13(17-18)19(22)23/h3-5,7,20H,6H2,1-2H3,(H,16,21)/b15-9+. The molecule has 0 saturated heterocycles. The zero-order valence-electron chi connectivity index (χ0n) is 12.4. The van der Waals surface area contributed by atoms with E-state index in [0.717, 1.165) is 0 Å². The average molecular weight is 318 g/mol. The van der Waals surface area contributed by atoms with Crippen LogP contribution in [0.25, 0.3) is 0 Å². The number of benzene rings is 1. The summed E-state index contributed by atoms with van der Waals surface area (Å²) in [4.78, 5) is 25.3. The second-order valence-electron chi connectivity index (χ2n) is 4.76. The number of phenols is 1. The number of hydrogen-bond acceptors (Lipinski definition) is 7. The Labute approximate surface area is 130 Å². The number of nitrogens with one attached hydrogen (secondary N) is 1. The summed E-state index contributed by atoms with van der Waals surface area (Å²) in [7, 11) is 0. The highest BCUT2D eigenvalue weighted by molar-refractivity contribution is 5.97. The second-order valence-corrected chi connectivity index (χ2v) is 4.76. The van der Waals surface area contributed by atoms with Gasteiger partial charge in [0.2, 0.25) is 6.33 Å². The van der Waals surface area contributed by atoms with Gasteiger partial charge in [0.25, 0.3) is 5.91 Å². The number of nitrogens with zero attached hydrogens (tertiary/aromatic N) is 5. The number of hydrogen-bond donors (Lipinski definition) is 2. The van der Waals surface area contributed by atoms with Crippen LogP contribution in [-0.4, -0.2) is 36.4 Å². The van der Waals surface area contributed by atoms with Gasteiger partial charge >= 0.3 is 5.95 Å². The van der Waals surface area contributed by atoms with Crippen molar-refractivity contribution in [3.05, 3.63) is 45.8 Å². The lowest BCUT2D eigenvalue weighted by Gasteiger charge is -2.06. The fourth-order valence-electron chi connectivity index (χ4n) is 1.76. The number of amides is 1. The molecule has 2 N–H and O–H groups in total. The molecule has 0 saturated carbocycles. The number of aromatic hydroxyl groups is 1. The third-order valence-electron chi connectivity index (χ3n) is 2.91. The molecule has 0 aliphatic carbocycles. The van der Waals surface area contributed by atoms with E-state index in [0.29, 0.717) is 11.3 Å². The zero-order valence-corrected chi connectivity index (χ0v) is 12.4. The SMILES string of the molecule is C/C(Cn1cnc([N+](=O)[O-])n1)=N\NC(=O)c1cccc(C)c1O. The molecule has 0 spiro atoms. The number of carbonyl (C=O) groups is 1. The molecule has 2 rings (SSSR count). The van der Waals surface area contributed by atoms with Crippen molar-refractivity contribution in [2.45, 2.75) is 20.4 Å². The molecule has 1 aromatic heterocycles. The molecule has 0 aliphatic heterocycles. The molecule has 120 valence electrons. The molecule has 1 heterocycles. The van der Waals surface area contributed by atoms with E-state index >= 15 is 0 Å². The van der Waals surface area contributed by atoms with Crippen molar-refractivity contribution < 1.29 is 14.8 Å². The van der Waals surface area contributed by atoms with Gasteiger partial charge in [-0.3, -0.25) is 4.79 Å². The van der Waals surface area contributed by atoms with E-state index in [1.165, 1.54) is 17.1 Å². The van der Waals surface area contributed by atoms with Crippen molar-refractivity contribution >= 4 is 17.6 Å². The van der Waals surface area contributed by atoms with Crippen LogP contribution in [0.3, 0.4) is 0 Å². The van der Waals surface area contributed by atoms with Gasteiger partial charge in [0.1, 0.15) is 5.75 Å². The van der Waals surface area contributed by atoms with E-state index < -0.39 is 16.8 Å². The molecule has 23 heavy (non-hydrogen) atoms. The van der Waals surface area contributed by atoms with E-state index in [4.69, 9.17) is 0 Å². The monoisotopic (exact) mass is 318 g/mol. The maximum Gasteiger partial charge on any atom is 0.490 e. The first-order valence-electron chi connectivity index (χ1n) is 6.54. The summed E-state index contributed by atoms with van der Waals surface area (Å²) in [5, 5.41) is 27.8. The molecular weight excluding hydrogens is 304 g/mol. The minimum Gasteiger partial charge on any atom is -0.507 e. The maximum atomic E-state index is 12.0. The molecule has 0 aliphatic rings. The summed E-state index contributed by atoms with van der Waals surface area (Å²) < 4.78 is 1.23. The van der Waals surface area contributed by atoms with E-state index in [-0.39, 0.29) is 17.9 Å². The Kier molecular flexibility index (Phi) is 4.64. The number of aromatic nitrogens is 3. The van der Waals surface area contributed by atoms with Crippen molar-refractivity contribution in [3.63, 3.8) is 0 Å². The average Bonchev–Trinajstić information content (AvgIpc) is 2.96. The third kappa shape index (κ3) is 3.87. The van der Waals surface area contributed by atoms with Crippen LogP contribution in [0.1, 0.15) is 22.8 Å². The van der Waals surface area contributed by atoms with E-state index in [1.807, 2.05) is 0 Å². The summed E-state index contributed by atoms with van der Waals surface area (Å²) in [5.74, 6) is -1.17. The van der Waals surface area contributed by atoms with Gasteiger partial charge in [-0.05, 0) is 30.4 Å². The van der Waals surface area contributed by atoms with E-state index in [1.54, 1.807) is 26.0 Å². The predicted octanol–water partition coefficient (Wildman–Crippen LogP) is 1.01. The summed E-state index contributed by atoms with van der Waals surface area (Å²) >= 11 is 0. The molecule has 0 atom stereocenters. The van der Waals surface area contributed by atoms with Crippen molar-refractivity contribution in [2.75, 3.05) is 0 Å². The van der Waals surface area contributed by atoms with Gasteiger partial charge in [-0.2, -0.15) is 9.78 Å². The van der Waals surface area contributed by atoms with Crippen LogP contribution in [0.5, 0.6) is 5.75 Å². The fraction of sp³-hybridized carbons (Fsp3) is 0.231. The van der Waals surface area contributed by atoms with Crippen molar-refractivity contribution in [1.29, 1.82) is 0 Å². The first-order chi connectivity index (χ1) is 10.9. The normalized spacial score (nSPS) is 11.3. The molecule has 0 bridgehead atoms. The van der Waals surface area contributed by atoms with Crippen molar-refractivity contribution in [3.8, 4) is 5.75 Å². The van der Waals surface area contributed by atoms with Crippen LogP contribution in [0.2, 0.25) is 0 Å². The van der Waals surface area contributed by atoms with Crippen LogP contribution in [0.15, 0.2) is 29.6 Å². The van der Waals surface area contributed by atoms with Gasteiger partial charge in [-0.25, -0.2) is 5.43 Å². The van der Waals surface area contributed by atoms with Crippen LogP contribution in [-0.2, 0) is 6.54 Å². The number of nitro groups is 1. The zero-order chi connectivity index (χ0) is 17.0. The highest BCUT2D eigenvalue weighted by Crippen LogP contribution is 2.20. The topological polar surface area (TPSA) is 136 Å². The summed E-state index contributed by atoms with van der Waals surface area (Å²) in [6.45, 7) is 3.42. The molecule has 0 unspecified atom stereocenters. The molecule has 10 nitrogen and oxygen atoms in total. The second kappa shape index (κ2) is 6.64. The van der Waals surface area contributed by atoms with Gasteiger partial charge in [-0.1, -0.05) is 17.1 Å². The quantitative estimate of drug-likeness (QED) is 0.479. The lowest BCUT2D eigenvalue weighted by Crippen LogP contribution is -2.21. The minimum absolute atomic E-state index is 0.107. The summed E-state index contributed by atoms with van der Waals surface area (Å²) in [6.07, 6.45) is 1.20. The van der Waals surface area contributed by atoms with Gasteiger partial charge in [0, 0.05) is 5.10 Å². The maximum absolute atomic E-state index is 12.0. The fourth-order valence-corrected chi connectivity index (χ4v) is 1.76. The minimum atomic E-state index is -0.703. The number of hydrazone groups is 1. The first-order valence-corrected chi connectivity index (χ1v) is 6.54. The van der Waals surface area contributed by atoms with Gasteiger partial charge < -0.3 is 15.2 Å². The molecule has 1 amide bonds. The lowest BCUT2D eigenvalue weighted by atomic mass is 10.1. The highest BCUT2D eigenvalue weighted by atomic mass is 16.6. The molecule has 10 heteroatoms. The third-order valence-corrected chi connectivity index (χ3v) is 2.91. The Bertz CT molecular complexity index is 783. The molecule has 0 radical (unpaired) electrons. The van der Waals surface area contributed by atoms with E-state index in [2.05, 4.69) is 20.6 Å². The van der Waals surface area contributed by atoms with E-state index in [9.17, 15) is 20.0 Å². The number of rotatable bonds is 5. The summed E-state index contributed by atoms with van der Waals surface area (Å²) in [6, 6.07) is 4.80. The lowest BCUT2D eigenvalue weighted by molar-refractivity contribution is -0.394. The molecular formula is C13H14N6O4. The smallest absolute Gasteiger partial charge is 0.490 e. The Morgan fingerprint density at radius 3 is 2.91 bits per heavy atom. The Hall–Kier alpha value is -3.30. The molecule has 0 fully saturated rings. The first kappa shape index (κ1) is 16.1. The number of para-hydroxylation sites is 1.